The molecule has 1 N–H and O–H groups in total. The molecular formula is C15H22O. The van der Waals surface area contributed by atoms with Crippen molar-refractivity contribution in [1.82, 2.24) is 0 Å². The van der Waals surface area contributed by atoms with Gasteiger partial charge in [-0.15, -0.1) is 0 Å². The average Bonchev–Trinajstić information content (AvgIpc) is 2.31. The van der Waals surface area contributed by atoms with E-state index in [0.717, 1.165) is 19.3 Å². The molecule has 1 heteroatoms. The van der Waals surface area contributed by atoms with Crippen molar-refractivity contribution in [1.29, 1.82) is 0 Å². The zero-order valence-corrected chi connectivity index (χ0v) is 10.4. The lowest BCUT2D eigenvalue weighted by Crippen LogP contribution is -2.12. The quantitative estimate of drug-likeness (QED) is 0.814. The molecule has 0 amide bonds. The van der Waals surface area contributed by atoms with Gasteiger partial charge in [0, 0.05) is 0 Å². The highest BCUT2D eigenvalue weighted by Crippen LogP contribution is 2.37. The lowest BCUT2D eigenvalue weighted by atomic mass is 9.81. The van der Waals surface area contributed by atoms with Gasteiger partial charge in [0.2, 0.25) is 0 Å². The van der Waals surface area contributed by atoms with Crippen LogP contribution in [0.25, 0.3) is 0 Å². The van der Waals surface area contributed by atoms with Crippen LogP contribution >= 0.6 is 0 Å². The number of unbranched alkanes of at least 4 members (excludes halogenated alkanes) is 1. The Morgan fingerprint density at radius 3 is 2.81 bits per heavy atom. The fourth-order valence-corrected chi connectivity index (χ4v) is 2.62. The highest BCUT2D eigenvalue weighted by atomic mass is 16.3. The Labute approximate surface area is 98.5 Å². The second kappa shape index (κ2) is 5.01. The summed E-state index contributed by atoms with van der Waals surface area (Å²) in [7, 11) is 0. The van der Waals surface area contributed by atoms with Crippen molar-refractivity contribution in [2.75, 3.05) is 0 Å². The summed E-state index contributed by atoms with van der Waals surface area (Å²) >= 11 is 0. The van der Waals surface area contributed by atoms with Gasteiger partial charge in [0.15, 0.2) is 0 Å². The molecule has 0 heterocycles. The van der Waals surface area contributed by atoms with Gasteiger partial charge in [-0.1, -0.05) is 38.5 Å². The normalized spacial score (nSPS) is 24.2. The van der Waals surface area contributed by atoms with E-state index in [9.17, 15) is 5.11 Å². The van der Waals surface area contributed by atoms with Crippen molar-refractivity contribution in [2.45, 2.75) is 58.0 Å². The highest BCUT2D eigenvalue weighted by Gasteiger charge is 2.22. The lowest BCUT2D eigenvalue weighted by Gasteiger charge is -2.27. The molecule has 16 heavy (non-hydrogen) atoms. The van der Waals surface area contributed by atoms with E-state index in [0.29, 0.717) is 5.92 Å². The first-order valence-corrected chi connectivity index (χ1v) is 6.53. The van der Waals surface area contributed by atoms with Gasteiger partial charge in [-0.05, 0) is 48.3 Å². The molecule has 0 bridgehead atoms. The fraction of sp³-hybridized carbons (Fsp3) is 0.600. The summed E-state index contributed by atoms with van der Waals surface area (Å²) in [4.78, 5) is 0. The van der Waals surface area contributed by atoms with Crippen molar-refractivity contribution in [3.05, 3.63) is 34.9 Å². The first-order chi connectivity index (χ1) is 7.72. The molecule has 0 saturated heterocycles. The molecular weight excluding hydrogens is 196 g/mol. The van der Waals surface area contributed by atoms with Crippen molar-refractivity contribution in [3.8, 4) is 0 Å². The van der Waals surface area contributed by atoms with Crippen molar-refractivity contribution in [2.24, 2.45) is 0 Å². The topological polar surface area (TPSA) is 20.2 Å². The summed E-state index contributed by atoms with van der Waals surface area (Å²) in [5.41, 5.74) is 3.93. The maximum absolute atomic E-state index is 10.0. The van der Waals surface area contributed by atoms with Crippen LogP contribution in [0.4, 0.5) is 0 Å². The molecule has 1 nitrogen and oxygen atoms in total. The van der Waals surface area contributed by atoms with Crippen LogP contribution in [-0.2, 0) is 6.42 Å². The number of aliphatic hydroxyl groups is 1. The molecule has 1 aromatic rings. The van der Waals surface area contributed by atoms with Gasteiger partial charge in [0.1, 0.15) is 0 Å². The summed E-state index contributed by atoms with van der Waals surface area (Å²) in [6, 6.07) is 6.70. The Balaban J connectivity index is 2.25. The largest absolute Gasteiger partial charge is 0.388 e. The maximum Gasteiger partial charge on any atom is 0.0793 e. The van der Waals surface area contributed by atoms with Crippen LogP contribution in [0.15, 0.2) is 18.2 Å². The number of aliphatic hydroxyl groups excluding tert-OH is 1. The number of aryl methyl sites for hydroxylation is 1. The van der Waals surface area contributed by atoms with Gasteiger partial charge in [0.05, 0.1) is 6.10 Å². The zero-order valence-electron chi connectivity index (χ0n) is 10.4. The molecule has 88 valence electrons. The van der Waals surface area contributed by atoms with E-state index in [1.165, 1.54) is 29.5 Å². The van der Waals surface area contributed by atoms with Gasteiger partial charge < -0.3 is 5.11 Å². The fourth-order valence-electron chi connectivity index (χ4n) is 2.62. The zero-order chi connectivity index (χ0) is 11.5. The van der Waals surface area contributed by atoms with Gasteiger partial charge in [-0.25, -0.2) is 0 Å². The van der Waals surface area contributed by atoms with E-state index in [4.69, 9.17) is 0 Å². The van der Waals surface area contributed by atoms with Gasteiger partial charge in [0.25, 0.3) is 0 Å². The summed E-state index contributed by atoms with van der Waals surface area (Å²) in [5, 5.41) is 10.0. The first-order valence-electron chi connectivity index (χ1n) is 6.53. The van der Waals surface area contributed by atoms with Crippen LogP contribution in [0, 0.1) is 0 Å². The second-order valence-corrected chi connectivity index (χ2v) is 5.06. The van der Waals surface area contributed by atoms with Crippen molar-refractivity contribution < 1.29 is 5.11 Å². The molecule has 0 fully saturated rings. The molecule has 0 spiro atoms. The van der Waals surface area contributed by atoms with Gasteiger partial charge in [-0.2, -0.15) is 0 Å². The SMILES string of the molecule is CCCCc1ccc2c(c1)[C@@H](O)CCC2C. The molecule has 0 radical (unpaired) electrons. The number of hydrogen-bond acceptors (Lipinski definition) is 1. The Kier molecular flexibility index (Phi) is 3.65. The standard InChI is InChI=1S/C15H22O/c1-3-4-5-12-7-8-13-11(2)6-9-15(16)14(13)10-12/h7-8,10-11,15-16H,3-6,9H2,1-2H3/t11?,15-/m0/s1. The first kappa shape index (κ1) is 11.7. The molecule has 0 aliphatic heterocycles. The maximum atomic E-state index is 10.0. The number of hydrogen-bond donors (Lipinski definition) is 1. The minimum Gasteiger partial charge on any atom is -0.388 e. The summed E-state index contributed by atoms with van der Waals surface area (Å²) in [6.45, 7) is 4.48. The van der Waals surface area contributed by atoms with E-state index < -0.39 is 0 Å². The number of benzene rings is 1. The minimum absolute atomic E-state index is 0.229. The van der Waals surface area contributed by atoms with E-state index >= 15 is 0 Å². The molecule has 1 unspecified atom stereocenters. The van der Waals surface area contributed by atoms with E-state index in [2.05, 4.69) is 32.0 Å². The van der Waals surface area contributed by atoms with Crippen LogP contribution in [-0.4, -0.2) is 5.11 Å². The van der Waals surface area contributed by atoms with Crippen LogP contribution < -0.4 is 0 Å². The Morgan fingerprint density at radius 2 is 2.06 bits per heavy atom. The molecule has 1 aliphatic rings. The Bertz CT molecular complexity index is 356. The third-order valence-corrected chi connectivity index (χ3v) is 3.73. The Hall–Kier alpha value is -0.820. The van der Waals surface area contributed by atoms with E-state index in [1.54, 1.807) is 0 Å². The minimum atomic E-state index is -0.229. The smallest absolute Gasteiger partial charge is 0.0793 e. The van der Waals surface area contributed by atoms with Crippen molar-refractivity contribution in [3.63, 3.8) is 0 Å². The monoisotopic (exact) mass is 218 g/mol. The lowest BCUT2D eigenvalue weighted by molar-refractivity contribution is 0.151. The second-order valence-electron chi connectivity index (χ2n) is 5.06. The van der Waals surface area contributed by atoms with Crippen LogP contribution in [0.3, 0.4) is 0 Å². The van der Waals surface area contributed by atoms with Crippen molar-refractivity contribution >= 4 is 0 Å². The highest BCUT2D eigenvalue weighted by molar-refractivity contribution is 5.37. The van der Waals surface area contributed by atoms with E-state index in [1.807, 2.05) is 0 Å². The third-order valence-electron chi connectivity index (χ3n) is 3.73. The predicted molar refractivity (Wildman–Crippen MR) is 67.7 cm³/mol. The third kappa shape index (κ3) is 2.30. The molecule has 2 rings (SSSR count). The molecule has 1 aliphatic carbocycles. The molecule has 0 saturated carbocycles. The van der Waals surface area contributed by atoms with Crippen LogP contribution in [0.1, 0.15) is 68.2 Å². The molecule has 2 atom stereocenters. The van der Waals surface area contributed by atoms with Gasteiger partial charge in [-0.3, -0.25) is 0 Å². The average molecular weight is 218 g/mol. The van der Waals surface area contributed by atoms with Crippen LogP contribution in [0.5, 0.6) is 0 Å². The molecule has 0 aromatic heterocycles. The molecule has 1 aromatic carbocycles. The van der Waals surface area contributed by atoms with E-state index in [-0.39, 0.29) is 6.10 Å². The summed E-state index contributed by atoms with van der Waals surface area (Å²) < 4.78 is 0. The summed E-state index contributed by atoms with van der Waals surface area (Å²) in [6.07, 6.45) is 5.42. The summed E-state index contributed by atoms with van der Waals surface area (Å²) in [5.74, 6) is 0.610. The number of fused-ring (bicyclic) bond motifs is 1. The predicted octanol–water partition coefficient (Wildman–Crippen LogP) is 3.96. The Morgan fingerprint density at radius 1 is 1.25 bits per heavy atom. The van der Waals surface area contributed by atoms with Crippen LogP contribution in [0.2, 0.25) is 0 Å². The number of rotatable bonds is 3. The van der Waals surface area contributed by atoms with Gasteiger partial charge >= 0.3 is 0 Å².